The van der Waals surface area contributed by atoms with Crippen LogP contribution in [0.25, 0.3) is 0 Å². The molecule has 0 N–H and O–H groups in total. The van der Waals surface area contributed by atoms with Crippen LogP contribution in [-0.2, 0) is 23.9 Å². The highest BCUT2D eigenvalue weighted by atomic mass is 16.6. The van der Waals surface area contributed by atoms with Gasteiger partial charge in [0.15, 0.2) is 0 Å². The summed E-state index contributed by atoms with van der Waals surface area (Å²) in [6.45, 7) is 3.16. The van der Waals surface area contributed by atoms with Crippen LogP contribution in [0, 0.1) is 5.92 Å². The normalized spacial score (nSPS) is 21.3. The number of carbonyl (C=O) groups is 3. The number of carbonyl (C=O) groups excluding carboxylic acids is 3. The van der Waals surface area contributed by atoms with Crippen molar-refractivity contribution in [2.45, 2.75) is 12.8 Å². The second kappa shape index (κ2) is 5.25. The topological polar surface area (TPSA) is 69.7 Å². The van der Waals surface area contributed by atoms with Crippen molar-refractivity contribution in [1.82, 2.24) is 0 Å². The predicted molar refractivity (Wildman–Crippen MR) is 54.1 cm³/mol. The molecule has 5 nitrogen and oxygen atoms in total. The highest BCUT2D eigenvalue weighted by Crippen LogP contribution is 2.32. The first kappa shape index (κ1) is 12.2. The summed E-state index contributed by atoms with van der Waals surface area (Å²) in [6.07, 6.45) is 4.48. The zero-order chi connectivity index (χ0) is 12.1. The molecule has 1 saturated heterocycles. The van der Waals surface area contributed by atoms with Crippen molar-refractivity contribution in [1.29, 1.82) is 0 Å². The maximum Gasteiger partial charge on any atom is 0.342 e. The van der Waals surface area contributed by atoms with Crippen LogP contribution in [0.5, 0.6) is 0 Å². The van der Waals surface area contributed by atoms with Crippen molar-refractivity contribution in [3.63, 3.8) is 0 Å². The second-order valence-electron chi connectivity index (χ2n) is 3.23. The Bertz CT molecular complexity index is 367. The van der Waals surface area contributed by atoms with Crippen LogP contribution in [0.3, 0.4) is 0 Å². The molecule has 1 atom stereocenters. The summed E-state index contributed by atoms with van der Waals surface area (Å²) in [6, 6.07) is 0. The third-order valence-corrected chi connectivity index (χ3v) is 2.28. The highest BCUT2D eigenvalue weighted by Gasteiger charge is 2.40. The summed E-state index contributed by atoms with van der Waals surface area (Å²) < 4.78 is 8.52. The molecule has 2 rings (SSSR count). The van der Waals surface area contributed by atoms with E-state index in [1.54, 1.807) is 6.08 Å². The lowest BCUT2D eigenvalue weighted by molar-refractivity contribution is -0.152. The molecule has 0 aromatic heterocycles. The van der Waals surface area contributed by atoms with Crippen LogP contribution >= 0.6 is 0 Å². The van der Waals surface area contributed by atoms with E-state index in [1.165, 1.54) is 7.11 Å². The Balaban J connectivity index is 0.000000187. The molecule has 0 bridgehead atoms. The summed E-state index contributed by atoms with van der Waals surface area (Å²) in [4.78, 5) is 31.4. The van der Waals surface area contributed by atoms with Crippen molar-refractivity contribution in [2.24, 2.45) is 5.92 Å². The molecule has 16 heavy (non-hydrogen) atoms. The van der Waals surface area contributed by atoms with E-state index in [9.17, 15) is 14.4 Å². The van der Waals surface area contributed by atoms with Gasteiger partial charge in [-0.25, -0.2) is 9.59 Å². The van der Waals surface area contributed by atoms with E-state index in [0.29, 0.717) is 5.57 Å². The van der Waals surface area contributed by atoms with Crippen LogP contribution in [0.2, 0.25) is 0 Å². The van der Waals surface area contributed by atoms with Gasteiger partial charge in [0.05, 0.1) is 13.0 Å². The fourth-order valence-electron chi connectivity index (χ4n) is 1.48. The van der Waals surface area contributed by atoms with Gasteiger partial charge in [-0.3, -0.25) is 4.79 Å². The minimum atomic E-state index is -0.438. The van der Waals surface area contributed by atoms with E-state index in [1.807, 2.05) is 0 Å². The van der Waals surface area contributed by atoms with E-state index in [-0.39, 0.29) is 11.9 Å². The van der Waals surface area contributed by atoms with Crippen molar-refractivity contribution >= 4 is 17.9 Å². The number of esters is 3. The molecular formula is C11H12O5. The molecule has 1 aliphatic heterocycles. The summed E-state index contributed by atoms with van der Waals surface area (Å²) in [5, 5.41) is 0. The van der Waals surface area contributed by atoms with Crippen LogP contribution in [-0.4, -0.2) is 25.0 Å². The van der Waals surface area contributed by atoms with Gasteiger partial charge in [0.2, 0.25) is 0 Å². The fraction of sp³-hybridized carbons (Fsp3) is 0.364. The van der Waals surface area contributed by atoms with Crippen molar-refractivity contribution < 1.29 is 23.9 Å². The van der Waals surface area contributed by atoms with Gasteiger partial charge >= 0.3 is 17.9 Å². The highest BCUT2D eigenvalue weighted by molar-refractivity contribution is 6.08. The van der Waals surface area contributed by atoms with Crippen molar-refractivity contribution in [3.8, 4) is 0 Å². The molecule has 1 heterocycles. The Morgan fingerprint density at radius 1 is 1.62 bits per heavy atom. The van der Waals surface area contributed by atoms with Crippen LogP contribution in [0.1, 0.15) is 12.8 Å². The minimum Gasteiger partial charge on any atom is -0.466 e. The third-order valence-electron chi connectivity index (χ3n) is 2.28. The number of fused-ring (bicyclic) bond motifs is 1. The number of hydrogen-bond donors (Lipinski definition) is 0. The van der Waals surface area contributed by atoms with Crippen molar-refractivity contribution in [3.05, 3.63) is 24.3 Å². The molecule has 0 amide bonds. The Morgan fingerprint density at radius 2 is 2.31 bits per heavy atom. The van der Waals surface area contributed by atoms with E-state index in [0.717, 1.165) is 18.9 Å². The summed E-state index contributed by atoms with van der Waals surface area (Å²) >= 11 is 0. The van der Waals surface area contributed by atoms with Gasteiger partial charge < -0.3 is 9.47 Å². The SMILES string of the molecule is C=CC(=O)OC.O=C1OC(=O)C2CCC=C12. The zero-order valence-corrected chi connectivity index (χ0v) is 8.89. The number of rotatable bonds is 1. The predicted octanol–water partition coefficient (Wildman–Crippen LogP) is 0.752. The molecule has 5 heteroatoms. The van der Waals surface area contributed by atoms with E-state index in [2.05, 4.69) is 16.1 Å². The summed E-state index contributed by atoms with van der Waals surface area (Å²) in [5.74, 6) is -1.43. The van der Waals surface area contributed by atoms with Crippen LogP contribution < -0.4 is 0 Å². The first-order chi connectivity index (χ1) is 7.60. The van der Waals surface area contributed by atoms with Gasteiger partial charge in [0.25, 0.3) is 0 Å². The summed E-state index contributed by atoms with van der Waals surface area (Å²) in [7, 11) is 1.31. The molecule has 0 radical (unpaired) electrons. The quantitative estimate of drug-likeness (QED) is 0.373. The van der Waals surface area contributed by atoms with Gasteiger partial charge in [-0.05, 0) is 12.8 Å². The maximum atomic E-state index is 10.8. The third kappa shape index (κ3) is 2.56. The Morgan fingerprint density at radius 3 is 2.75 bits per heavy atom. The molecular weight excluding hydrogens is 212 g/mol. The molecule has 1 unspecified atom stereocenters. The van der Waals surface area contributed by atoms with Gasteiger partial charge in [-0.15, -0.1) is 0 Å². The molecule has 0 aromatic rings. The average Bonchev–Trinajstić information content (AvgIpc) is 2.85. The average molecular weight is 224 g/mol. The van der Waals surface area contributed by atoms with Crippen LogP contribution in [0.15, 0.2) is 24.3 Å². The number of methoxy groups -OCH3 is 1. The summed E-state index contributed by atoms with van der Waals surface area (Å²) in [5.41, 5.74) is 0.574. The van der Waals surface area contributed by atoms with E-state index in [4.69, 9.17) is 0 Å². The first-order valence-electron chi connectivity index (χ1n) is 4.76. The Kier molecular flexibility index (Phi) is 3.99. The number of ether oxygens (including phenoxy) is 2. The number of hydrogen-bond acceptors (Lipinski definition) is 5. The molecule has 2 aliphatic rings. The molecule has 0 aromatic carbocycles. The van der Waals surface area contributed by atoms with Gasteiger partial charge in [0.1, 0.15) is 0 Å². The smallest absolute Gasteiger partial charge is 0.342 e. The zero-order valence-electron chi connectivity index (χ0n) is 8.89. The Hall–Kier alpha value is -1.91. The number of cyclic esters (lactones) is 2. The van der Waals surface area contributed by atoms with Crippen LogP contribution in [0.4, 0.5) is 0 Å². The molecule has 1 aliphatic carbocycles. The standard InChI is InChI=1S/C7H6O3.C4H6O2/c8-6-4-2-1-3-5(4)7(9)10-6;1-3-4(5)6-2/h2,5H,1,3H2;3H,1H2,2H3. The lowest BCUT2D eigenvalue weighted by Crippen LogP contribution is -2.04. The molecule has 86 valence electrons. The van der Waals surface area contributed by atoms with Gasteiger partial charge in [-0.2, -0.15) is 0 Å². The monoisotopic (exact) mass is 224 g/mol. The fourth-order valence-corrected chi connectivity index (χ4v) is 1.48. The van der Waals surface area contributed by atoms with E-state index >= 15 is 0 Å². The van der Waals surface area contributed by atoms with E-state index < -0.39 is 11.9 Å². The Labute approximate surface area is 92.7 Å². The lowest BCUT2D eigenvalue weighted by atomic mass is 10.1. The van der Waals surface area contributed by atoms with Crippen molar-refractivity contribution in [2.75, 3.05) is 7.11 Å². The molecule has 1 fully saturated rings. The second-order valence-corrected chi connectivity index (χ2v) is 3.23. The van der Waals surface area contributed by atoms with Gasteiger partial charge in [-0.1, -0.05) is 12.7 Å². The largest absolute Gasteiger partial charge is 0.466 e. The number of allylic oxidation sites excluding steroid dienone is 1. The molecule has 0 spiro atoms. The minimum absolute atomic E-state index is 0.229. The van der Waals surface area contributed by atoms with Gasteiger partial charge in [0, 0.05) is 11.6 Å². The first-order valence-corrected chi connectivity index (χ1v) is 4.76. The lowest BCUT2D eigenvalue weighted by Gasteiger charge is -1.92. The maximum absolute atomic E-state index is 10.8. The molecule has 0 saturated carbocycles.